The Balaban J connectivity index is 1.62. The summed E-state index contributed by atoms with van der Waals surface area (Å²) in [5.41, 5.74) is 0.902. The van der Waals surface area contributed by atoms with Gasteiger partial charge in [0.15, 0.2) is 0 Å². The van der Waals surface area contributed by atoms with Crippen LogP contribution in [0.1, 0.15) is 41.8 Å². The minimum absolute atomic E-state index is 0.0186. The second kappa shape index (κ2) is 12.0. The Kier molecular flexibility index (Phi) is 9.25. The van der Waals surface area contributed by atoms with Crippen LogP contribution in [-0.2, 0) is 18.0 Å². The van der Waals surface area contributed by atoms with Crippen LogP contribution < -0.4 is 5.32 Å². The zero-order valence-corrected chi connectivity index (χ0v) is 23.4. The van der Waals surface area contributed by atoms with Crippen molar-refractivity contribution in [3.63, 3.8) is 0 Å². The monoisotopic (exact) mass is 546 g/mol. The van der Waals surface area contributed by atoms with Gasteiger partial charge in [-0.25, -0.2) is 9.37 Å². The first kappa shape index (κ1) is 28.5. The molecule has 1 amide bonds. The quantitative estimate of drug-likeness (QED) is 0.268. The molecule has 0 spiro atoms. The number of nitriles is 1. The molecule has 2 unspecified atom stereocenters. The first-order valence-electron chi connectivity index (χ1n) is 11.9. The summed E-state index contributed by atoms with van der Waals surface area (Å²) in [4.78, 5) is 17.1. The van der Waals surface area contributed by atoms with E-state index in [4.69, 9.17) is 21.6 Å². The lowest BCUT2D eigenvalue weighted by molar-refractivity contribution is 0.0769. The van der Waals surface area contributed by atoms with Crippen molar-refractivity contribution >= 4 is 25.6 Å². The molecule has 2 atom stereocenters. The van der Waals surface area contributed by atoms with Crippen LogP contribution in [0.4, 0.5) is 4.39 Å². The summed E-state index contributed by atoms with van der Waals surface area (Å²) in [5, 5.41) is 26.4. The molecule has 0 saturated heterocycles. The molecule has 0 fully saturated rings. The number of aliphatic hydroxyl groups excluding tert-OH is 1. The Morgan fingerprint density at radius 2 is 2.08 bits per heavy atom. The summed E-state index contributed by atoms with van der Waals surface area (Å²) in [7, 11) is -1.23. The summed E-state index contributed by atoms with van der Waals surface area (Å²) in [5.74, 6) is -0.739. The molecule has 0 aliphatic rings. The minimum atomic E-state index is -1.23. The number of nitrogens with zero attached hydrogens (tertiary/aromatic N) is 5. The van der Waals surface area contributed by atoms with E-state index in [-0.39, 0.29) is 35.0 Å². The van der Waals surface area contributed by atoms with Gasteiger partial charge in [-0.2, -0.15) is 10.4 Å². The number of imidazole rings is 1. The summed E-state index contributed by atoms with van der Waals surface area (Å²) in [6, 6.07) is 6.84. The van der Waals surface area contributed by atoms with Crippen molar-refractivity contribution in [1.82, 2.24) is 24.6 Å². The smallest absolute Gasteiger partial charge is 0.271 e. The highest BCUT2D eigenvalue weighted by Crippen LogP contribution is 2.26. The molecule has 0 bridgehead atoms. The second-order valence-electron chi connectivity index (χ2n) is 10.2. The summed E-state index contributed by atoms with van der Waals surface area (Å²) in [6.07, 6.45) is 2.43. The van der Waals surface area contributed by atoms with Crippen molar-refractivity contribution in [3.05, 3.63) is 58.5 Å². The van der Waals surface area contributed by atoms with Crippen LogP contribution in [0.2, 0.25) is 30.7 Å². The predicted octanol–water partition coefficient (Wildman–Crippen LogP) is 4.59. The zero-order valence-electron chi connectivity index (χ0n) is 21.6. The van der Waals surface area contributed by atoms with Crippen LogP contribution >= 0.6 is 11.6 Å². The lowest BCUT2D eigenvalue weighted by Gasteiger charge is -2.16. The molecular weight excluding hydrogens is 515 g/mol. The predicted molar refractivity (Wildman–Crippen MR) is 141 cm³/mol. The molecule has 0 radical (unpaired) electrons. The zero-order chi connectivity index (χ0) is 27.3. The SMILES string of the molecule is CC(Cn1ccc(-c2cc(F)c(C#N)c(Cl)c2)n1)NC(=O)c1cn(COCC[Si](C)(C)C)c(C(C)O)n1. The molecule has 2 N–H and O–H groups in total. The maximum Gasteiger partial charge on any atom is 0.271 e. The fourth-order valence-corrected chi connectivity index (χ4v) is 4.59. The van der Waals surface area contributed by atoms with Gasteiger partial charge >= 0.3 is 0 Å². The molecular formula is C25H32ClFN6O3Si. The molecule has 0 aliphatic heterocycles. The number of halogens is 2. The van der Waals surface area contributed by atoms with E-state index < -0.39 is 20.0 Å². The molecule has 0 saturated carbocycles. The Labute approximate surface area is 221 Å². The molecule has 1 aromatic carbocycles. The highest BCUT2D eigenvalue weighted by Gasteiger charge is 2.20. The van der Waals surface area contributed by atoms with Gasteiger partial charge < -0.3 is 19.7 Å². The van der Waals surface area contributed by atoms with Crippen molar-refractivity contribution < 1.29 is 19.0 Å². The van der Waals surface area contributed by atoms with Gasteiger partial charge in [0.05, 0.1) is 17.3 Å². The number of hydrogen-bond donors (Lipinski definition) is 2. The van der Waals surface area contributed by atoms with E-state index >= 15 is 0 Å². The lowest BCUT2D eigenvalue weighted by atomic mass is 10.1. The molecule has 9 nitrogen and oxygen atoms in total. The largest absolute Gasteiger partial charge is 0.385 e. The van der Waals surface area contributed by atoms with Crippen molar-refractivity contribution in [3.8, 4) is 17.3 Å². The Morgan fingerprint density at radius 1 is 1.35 bits per heavy atom. The highest BCUT2D eigenvalue weighted by atomic mass is 35.5. The summed E-state index contributed by atoms with van der Waals surface area (Å²) in [6.45, 7) is 11.4. The fourth-order valence-electron chi connectivity index (χ4n) is 3.59. The highest BCUT2D eigenvalue weighted by molar-refractivity contribution is 6.76. The molecule has 3 aromatic rings. The average molecular weight is 547 g/mol. The van der Waals surface area contributed by atoms with Crippen LogP contribution in [-0.4, -0.2) is 51.1 Å². The van der Waals surface area contributed by atoms with E-state index in [2.05, 4.69) is 35.0 Å². The topological polar surface area (TPSA) is 118 Å². The first-order chi connectivity index (χ1) is 17.4. The van der Waals surface area contributed by atoms with Crippen LogP contribution in [0.3, 0.4) is 0 Å². The number of aromatic nitrogens is 4. The number of carbonyl (C=O) groups excluding carboxylic acids is 1. The van der Waals surface area contributed by atoms with E-state index in [1.165, 1.54) is 12.1 Å². The molecule has 2 aromatic heterocycles. The fraction of sp³-hybridized carbons (Fsp3) is 0.440. The van der Waals surface area contributed by atoms with Gasteiger partial charge in [-0.1, -0.05) is 31.2 Å². The number of nitrogens with one attached hydrogen (secondary N) is 1. The molecule has 0 aliphatic carbocycles. The summed E-state index contributed by atoms with van der Waals surface area (Å²) >= 11 is 6.00. The lowest BCUT2D eigenvalue weighted by Crippen LogP contribution is -2.36. The Bertz CT molecular complexity index is 1270. The second-order valence-corrected chi connectivity index (χ2v) is 16.2. The number of hydrogen-bond acceptors (Lipinski definition) is 6. The Morgan fingerprint density at radius 3 is 2.70 bits per heavy atom. The van der Waals surface area contributed by atoms with Crippen molar-refractivity contribution in [2.75, 3.05) is 6.61 Å². The molecule has 198 valence electrons. The normalized spacial score (nSPS) is 13.3. The van der Waals surface area contributed by atoms with E-state index in [0.29, 0.717) is 30.2 Å². The maximum absolute atomic E-state index is 14.1. The van der Waals surface area contributed by atoms with E-state index in [0.717, 1.165) is 6.04 Å². The Hall–Kier alpha value is -3.04. The third kappa shape index (κ3) is 7.72. The van der Waals surface area contributed by atoms with Gasteiger partial charge in [-0.3, -0.25) is 9.48 Å². The van der Waals surface area contributed by atoms with Gasteiger partial charge in [-0.05, 0) is 38.1 Å². The standard InChI is InChI=1S/C25H32ClFN6O3Si/c1-16(13-33-7-6-22(31-33)18-10-20(26)19(12-28)21(27)11-18)29-25(35)23-14-32(24(30-23)17(2)34)15-36-8-9-37(3,4)5/h6-7,10-11,14,16-17,34H,8-9,13,15H2,1-5H3,(H,29,35). The summed E-state index contributed by atoms with van der Waals surface area (Å²) < 4.78 is 23.1. The van der Waals surface area contributed by atoms with Crippen LogP contribution in [0, 0.1) is 17.1 Å². The van der Waals surface area contributed by atoms with Gasteiger partial charge in [0.2, 0.25) is 0 Å². The van der Waals surface area contributed by atoms with Crippen molar-refractivity contribution in [2.45, 2.75) is 65.0 Å². The van der Waals surface area contributed by atoms with Crippen molar-refractivity contribution in [2.24, 2.45) is 0 Å². The van der Waals surface area contributed by atoms with Gasteiger partial charge in [0.25, 0.3) is 5.91 Å². The third-order valence-corrected chi connectivity index (χ3v) is 7.57. The van der Waals surface area contributed by atoms with Gasteiger partial charge in [-0.15, -0.1) is 0 Å². The number of benzene rings is 1. The number of ether oxygens (including phenoxy) is 1. The maximum atomic E-state index is 14.1. The molecule has 37 heavy (non-hydrogen) atoms. The van der Waals surface area contributed by atoms with Crippen LogP contribution in [0.15, 0.2) is 30.6 Å². The first-order valence-corrected chi connectivity index (χ1v) is 16.0. The van der Waals surface area contributed by atoms with Crippen molar-refractivity contribution in [1.29, 1.82) is 5.26 Å². The molecule has 3 rings (SSSR count). The molecule has 12 heteroatoms. The van der Waals surface area contributed by atoms with Crippen LogP contribution in [0.25, 0.3) is 11.3 Å². The number of aliphatic hydroxyl groups is 1. The minimum Gasteiger partial charge on any atom is -0.385 e. The number of carbonyl (C=O) groups is 1. The average Bonchev–Trinajstić information content (AvgIpc) is 3.43. The number of rotatable bonds is 11. The molecule has 2 heterocycles. The van der Waals surface area contributed by atoms with Gasteiger partial charge in [0.1, 0.15) is 41.8 Å². The van der Waals surface area contributed by atoms with Crippen LogP contribution in [0.5, 0.6) is 0 Å². The third-order valence-electron chi connectivity index (χ3n) is 5.57. The van der Waals surface area contributed by atoms with E-state index in [9.17, 15) is 14.3 Å². The van der Waals surface area contributed by atoms with E-state index in [1.807, 2.05) is 6.92 Å². The van der Waals surface area contributed by atoms with E-state index in [1.54, 1.807) is 40.7 Å². The number of amides is 1. The van der Waals surface area contributed by atoms with Gasteiger partial charge in [0, 0.05) is 38.7 Å².